The maximum absolute atomic E-state index is 9.75. The van der Waals surface area contributed by atoms with Gasteiger partial charge < -0.3 is 9.84 Å². The highest BCUT2D eigenvalue weighted by Crippen LogP contribution is 2.32. The lowest BCUT2D eigenvalue weighted by Crippen LogP contribution is -1.96. The van der Waals surface area contributed by atoms with Crippen molar-refractivity contribution in [2.75, 3.05) is 0 Å². The standard InChI is InChI=1S/C15H12BrNO2/c1-10(18)14-8-12(16)5-6-15(14)19-13-4-2-3-11(7-13)9-17/h2-8,10,18H,1H3. The van der Waals surface area contributed by atoms with E-state index in [0.29, 0.717) is 22.6 Å². The number of aliphatic hydroxyl groups is 1. The van der Waals surface area contributed by atoms with Crippen LogP contribution in [0.3, 0.4) is 0 Å². The van der Waals surface area contributed by atoms with Crippen LogP contribution in [0.4, 0.5) is 0 Å². The van der Waals surface area contributed by atoms with Crippen molar-refractivity contribution in [1.82, 2.24) is 0 Å². The first-order chi connectivity index (χ1) is 9.10. The predicted molar refractivity (Wildman–Crippen MR) is 76.0 cm³/mol. The fourth-order valence-electron chi connectivity index (χ4n) is 1.69. The summed E-state index contributed by atoms with van der Waals surface area (Å²) >= 11 is 3.36. The average molecular weight is 318 g/mol. The van der Waals surface area contributed by atoms with Gasteiger partial charge in [-0.05, 0) is 43.3 Å². The summed E-state index contributed by atoms with van der Waals surface area (Å²) in [7, 11) is 0. The van der Waals surface area contributed by atoms with Crippen LogP contribution in [0, 0.1) is 11.3 Å². The minimum absolute atomic E-state index is 0.535. The predicted octanol–water partition coefficient (Wildman–Crippen LogP) is 4.17. The summed E-state index contributed by atoms with van der Waals surface area (Å²) in [4.78, 5) is 0. The van der Waals surface area contributed by atoms with Crippen molar-refractivity contribution >= 4 is 15.9 Å². The highest BCUT2D eigenvalue weighted by molar-refractivity contribution is 9.10. The number of ether oxygens (including phenoxy) is 1. The van der Waals surface area contributed by atoms with Crippen LogP contribution in [0.25, 0.3) is 0 Å². The number of benzene rings is 2. The fraction of sp³-hybridized carbons (Fsp3) is 0.133. The summed E-state index contributed by atoms with van der Waals surface area (Å²) in [5, 5.41) is 18.6. The molecule has 0 saturated heterocycles. The topological polar surface area (TPSA) is 53.2 Å². The molecule has 4 heteroatoms. The molecule has 3 nitrogen and oxygen atoms in total. The molecule has 0 aliphatic heterocycles. The maximum Gasteiger partial charge on any atom is 0.133 e. The fourth-order valence-corrected chi connectivity index (χ4v) is 2.07. The smallest absolute Gasteiger partial charge is 0.133 e. The number of hydrogen-bond acceptors (Lipinski definition) is 3. The Morgan fingerprint density at radius 2 is 2.05 bits per heavy atom. The number of nitriles is 1. The average Bonchev–Trinajstić information content (AvgIpc) is 2.41. The van der Waals surface area contributed by atoms with Crippen LogP contribution in [0.15, 0.2) is 46.9 Å². The summed E-state index contributed by atoms with van der Waals surface area (Å²) in [5.74, 6) is 1.15. The zero-order valence-electron chi connectivity index (χ0n) is 10.3. The second-order valence-electron chi connectivity index (χ2n) is 4.10. The molecule has 0 amide bonds. The normalized spacial score (nSPS) is 11.7. The molecule has 0 bridgehead atoms. The number of halogens is 1. The van der Waals surface area contributed by atoms with Gasteiger partial charge in [0.15, 0.2) is 0 Å². The van der Waals surface area contributed by atoms with Gasteiger partial charge in [-0.3, -0.25) is 0 Å². The summed E-state index contributed by atoms with van der Waals surface area (Å²) in [6.07, 6.45) is -0.633. The SMILES string of the molecule is CC(O)c1cc(Br)ccc1Oc1cccc(C#N)c1. The molecule has 0 aliphatic carbocycles. The number of rotatable bonds is 3. The van der Waals surface area contributed by atoms with Gasteiger partial charge in [0.25, 0.3) is 0 Å². The largest absolute Gasteiger partial charge is 0.457 e. The van der Waals surface area contributed by atoms with Crippen molar-refractivity contribution in [3.8, 4) is 17.6 Å². The van der Waals surface area contributed by atoms with Gasteiger partial charge in [-0.15, -0.1) is 0 Å². The molecule has 19 heavy (non-hydrogen) atoms. The quantitative estimate of drug-likeness (QED) is 0.924. The Morgan fingerprint density at radius 3 is 2.74 bits per heavy atom. The third kappa shape index (κ3) is 3.34. The van der Waals surface area contributed by atoms with E-state index in [-0.39, 0.29) is 0 Å². The molecule has 0 radical (unpaired) electrons. The Kier molecular flexibility index (Phi) is 4.20. The van der Waals surface area contributed by atoms with Crippen molar-refractivity contribution in [1.29, 1.82) is 5.26 Å². The van der Waals surface area contributed by atoms with E-state index in [1.54, 1.807) is 37.3 Å². The van der Waals surface area contributed by atoms with Gasteiger partial charge in [0.1, 0.15) is 11.5 Å². The van der Waals surface area contributed by atoms with Crippen LogP contribution < -0.4 is 4.74 Å². The van der Waals surface area contributed by atoms with Crippen molar-refractivity contribution in [2.24, 2.45) is 0 Å². The second-order valence-corrected chi connectivity index (χ2v) is 5.02. The van der Waals surface area contributed by atoms with E-state index in [9.17, 15) is 5.11 Å². The number of aliphatic hydroxyl groups excluding tert-OH is 1. The van der Waals surface area contributed by atoms with Crippen LogP contribution in [0.2, 0.25) is 0 Å². The monoisotopic (exact) mass is 317 g/mol. The zero-order valence-corrected chi connectivity index (χ0v) is 11.9. The van der Waals surface area contributed by atoms with E-state index in [4.69, 9.17) is 10.00 Å². The Bertz CT molecular complexity index is 632. The van der Waals surface area contributed by atoms with Crippen LogP contribution in [0.5, 0.6) is 11.5 Å². The minimum Gasteiger partial charge on any atom is -0.457 e. The van der Waals surface area contributed by atoms with Gasteiger partial charge in [-0.1, -0.05) is 22.0 Å². The molecule has 0 saturated carbocycles. The molecular formula is C15H12BrNO2. The van der Waals surface area contributed by atoms with Gasteiger partial charge >= 0.3 is 0 Å². The Balaban J connectivity index is 2.35. The van der Waals surface area contributed by atoms with E-state index in [1.165, 1.54) is 0 Å². The van der Waals surface area contributed by atoms with E-state index >= 15 is 0 Å². The molecular weight excluding hydrogens is 306 g/mol. The molecule has 2 aromatic carbocycles. The molecule has 0 fully saturated rings. The lowest BCUT2D eigenvalue weighted by Gasteiger charge is -2.13. The number of hydrogen-bond donors (Lipinski definition) is 1. The minimum atomic E-state index is -0.633. The van der Waals surface area contributed by atoms with Crippen molar-refractivity contribution in [2.45, 2.75) is 13.0 Å². The lowest BCUT2D eigenvalue weighted by atomic mass is 10.1. The summed E-state index contributed by atoms with van der Waals surface area (Å²) < 4.78 is 6.61. The first-order valence-electron chi connectivity index (χ1n) is 5.75. The Morgan fingerprint density at radius 1 is 1.26 bits per heavy atom. The van der Waals surface area contributed by atoms with Crippen LogP contribution in [-0.4, -0.2) is 5.11 Å². The lowest BCUT2D eigenvalue weighted by molar-refractivity contribution is 0.195. The Hall–Kier alpha value is -1.83. The third-order valence-electron chi connectivity index (χ3n) is 2.61. The van der Waals surface area contributed by atoms with Gasteiger partial charge in [0.05, 0.1) is 17.7 Å². The third-order valence-corrected chi connectivity index (χ3v) is 3.11. The molecule has 0 spiro atoms. The summed E-state index contributed by atoms with van der Waals surface area (Å²) in [6.45, 7) is 1.68. The summed E-state index contributed by atoms with van der Waals surface area (Å²) in [6, 6.07) is 14.4. The second kappa shape index (κ2) is 5.87. The van der Waals surface area contributed by atoms with Gasteiger partial charge in [0.2, 0.25) is 0 Å². The molecule has 1 atom stereocenters. The molecule has 1 N–H and O–H groups in total. The molecule has 2 aromatic rings. The van der Waals surface area contributed by atoms with E-state index in [1.807, 2.05) is 12.1 Å². The van der Waals surface area contributed by atoms with Crippen molar-refractivity contribution in [3.63, 3.8) is 0 Å². The highest BCUT2D eigenvalue weighted by Gasteiger charge is 2.11. The maximum atomic E-state index is 9.75. The first kappa shape index (κ1) is 13.6. The molecule has 1 unspecified atom stereocenters. The first-order valence-corrected chi connectivity index (χ1v) is 6.55. The van der Waals surface area contributed by atoms with E-state index in [2.05, 4.69) is 22.0 Å². The van der Waals surface area contributed by atoms with Crippen LogP contribution in [0.1, 0.15) is 24.2 Å². The molecule has 0 aromatic heterocycles. The Labute approximate surface area is 120 Å². The van der Waals surface area contributed by atoms with Gasteiger partial charge in [0, 0.05) is 10.0 Å². The van der Waals surface area contributed by atoms with Crippen LogP contribution >= 0.6 is 15.9 Å². The van der Waals surface area contributed by atoms with Gasteiger partial charge in [-0.2, -0.15) is 5.26 Å². The molecule has 96 valence electrons. The summed E-state index contributed by atoms with van der Waals surface area (Å²) in [5.41, 5.74) is 1.23. The van der Waals surface area contributed by atoms with E-state index < -0.39 is 6.10 Å². The van der Waals surface area contributed by atoms with E-state index in [0.717, 1.165) is 4.47 Å². The van der Waals surface area contributed by atoms with Crippen LogP contribution in [-0.2, 0) is 0 Å². The molecule has 2 rings (SSSR count). The highest BCUT2D eigenvalue weighted by atomic mass is 79.9. The molecule has 0 heterocycles. The zero-order chi connectivity index (χ0) is 13.8. The van der Waals surface area contributed by atoms with Crippen molar-refractivity contribution in [3.05, 3.63) is 58.1 Å². The number of nitrogens with zero attached hydrogens (tertiary/aromatic N) is 1. The van der Waals surface area contributed by atoms with Crippen molar-refractivity contribution < 1.29 is 9.84 Å². The van der Waals surface area contributed by atoms with Gasteiger partial charge in [-0.25, -0.2) is 0 Å². The molecule has 0 aliphatic rings.